The van der Waals surface area contributed by atoms with E-state index in [-0.39, 0.29) is 11.3 Å². The zero-order chi connectivity index (χ0) is 13.7. The minimum atomic E-state index is -1.10. The molecule has 1 aromatic carbocycles. The number of nitrogens with zero attached hydrogens (tertiary/aromatic N) is 2. The van der Waals surface area contributed by atoms with Crippen LogP contribution in [0.2, 0.25) is 0 Å². The fraction of sp³-hybridized carbons (Fsp3) is 0. The lowest BCUT2D eigenvalue weighted by Crippen LogP contribution is -2.21. The van der Waals surface area contributed by atoms with Crippen LogP contribution in [0.15, 0.2) is 27.8 Å². The zero-order valence-electron chi connectivity index (χ0n) is 8.94. The Hall–Kier alpha value is -2.40. The Morgan fingerprint density at radius 3 is 2.78 bits per heavy atom. The molecule has 0 aliphatic heterocycles. The van der Waals surface area contributed by atoms with Crippen LogP contribution in [-0.4, -0.2) is 22.6 Å². The van der Waals surface area contributed by atoms with Crippen molar-refractivity contribution >= 4 is 39.1 Å². The summed E-state index contributed by atoms with van der Waals surface area (Å²) in [6, 6.07) is 6.13. The van der Waals surface area contributed by atoms with Crippen molar-refractivity contribution in [3.8, 4) is 6.07 Å². The normalized spacial score (nSPS) is 10.6. The fourth-order valence-electron chi connectivity index (χ4n) is 1.05. The SMILES string of the molecule is N#C/C(=N\Nc1cccc(C(=O)O)c1Br)C(=N)N. The molecule has 1 rings (SSSR count). The predicted molar refractivity (Wildman–Crippen MR) is 69.7 cm³/mol. The first-order valence-corrected chi connectivity index (χ1v) is 5.36. The number of hydrogen-bond donors (Lipinski definition) is 4. The summed E-state index contributed by atoms with van der Waals surface area (Å²) in [4.78, 5) is 10.9. The number of carboxylic acids is 1. The zero-order valence-corrected chi connectivity index (χ0v) is 10.5. The lowest BCUT2D eigenvalue weighted by Gasteiger charge is -2.06. The van der Waals surface area contributed by atoms with Gasteiger partial charge in [-0.2, -0.15) is 10.4 Å². The van der Waals surface area contributed by atoms with Gasteiger partial charge in [0.05, 0.1) is 15.7 Å². The molecule has 0 radical (unpaired) electrons. The number of carbonyl (C=O) groups is 1. The van der Waals surface area contributed by atoms with Crippen molar-refractivity contribution in [2.45, 2.75) is 0 Å². The summed E-state index contributed by atoms with van der Waals surface area (Å²) < 4.78 is 0.294. The van der Waals surface area contributed by atoms with Gasteiger partial charge in [0.2, 0.25) is 5.71 Å². The molecule has 0 heterocycles. The maximum Gasteiger partial charge on any atom is 0.336 e. The number of nitrogens with one attached hydrogen (secondary N) is 2. The number of carboxylic acid groups (broad SMARTS) is 1. The first-order valence-electron chi connectivity index (χ1n) is 4.57. The highest BCUT2D eigenvalue weighted by Crippen LogP contribution is 2.26. The highest BCUT2D eigenvalue weighted by molar-refractivity contribution is 9.10. The van der Waals surface area contributed by atoms with Gasteiger partial charge in [-0.05, 0) is 28.1 Å². The molecule has 0 bridgehead atoms. The molecule has 0 amide bonds. The molecule has 0 aromatic heterocycles. The van der Waals surface area contributed by atoms with Gasteiger partial charge < -0.3 is 10.8 Å². The Bertz CT molecular complexity index is 576. The van der Waals surface area contributed by atoms with Gasteiger partial charge in [-0.15, -0.1) is 0 Å². The van der Waals surface area contributed by atoms with E-state index in [2.05, 4.69) is 26.5 Å². The molecule has 7 nitrogen and oxygen atoms in total. The second-order valence-corrected chi connectivity index (χ2v) is 3.86. The summed E-state index contributed by atoms with van der Waals surface area (Å²) in [6.45, 7) is 0. The van der Waals surface area contributed by atoms with E-state index in [9.17, 15) is 4.79 Å². The number of rotatable bonds is 4. The van der Waals surface area contributed by atoms with E-state index in [1.54, 1.807) is 12.1 Å². The van der Waals surface area contributed by atoms with E-state index in [4.69, 9.17) is 21.5 Å². The van der Waals surface area contributed by atoms with E-state index in [0.29, 0.717) is 10.2 Å². The van der Waals surface area contributed by atoms with Gasteiger partial charge in [0.1, 0.15) is 6.07 Å². The van der Waals surface area contributed by atoms with Crippen LogP contribution >= 0.6 is 15.9 Å². The van der Waals surface area contributed by atoms with Crippen LogP contribution in [0.5, 0.6) is 0 Å². The number of aromatic carboxylic acids is 1. The summed E-state index contributed by atoms with van der Waals surface area (Å²) in [5, 5.41) is 28.2. The topological polar surface area (TPSA) is 135 Å². The van der Waals surface area contributed by atoms with Gasteiger partial charge in [0.25, 0.3) is 0 Å². The average Bonchev–Trinajstić information content (AvgIpc) is 2.31. The summed E-state index contributed by atoms with van der Waals surface area (Å²) in [7, 11) is 0. The number of hydrogen-bond acceptors (Lipinski definition) is 5. The van der Waals surface area contributed by atoms with E-state index in [0.717, 1.165) is 0 Å². The third-order valence-electron chi connectivity index (χ3n) is 1.88. The fourth-order valence-corrected chi connectivity index (χ4v) is 1.57. The van der Waals surface area contributed by atoms with Crippen molar-refractivity contribution in [2.24, 2.45) is 10.8 Å². The molecule has 0 atom stereocenters. The number of benzene rings is 1. The first kappa shape index (κ1) is 13.7. The number of nitriles is 1. The molecule has 0 fully saturated rings. The second kappa shape index (κ2) is 5.79. The first-order chi connectivity index (χ1) is 8.47. The van der Waals surface area contributed by atoms with Crippen molar-refractivity contribution in [3.63, 3.8) is 0 Å². The Morgan fingerprint density at radius 2 is 2.28 bits per heavy atom. The maximum absolute atomic E-state index is 10.9. The molecule has 1 aromatic rings. The third-order valence-corrected chi connectivity index (χ3v) is 2.73. The Balaban J connectivity index is 3.07. The molecule has 0 saturated carbocycles. The molecule has 0 aliphatic rings. The van der Waals surface area contributed by atoms with Gasteiger partial charge in [0.15, 0.2) is 5.84 Å². The number of nitrogens with two attached hydrogens (primary N) is 1. The standard InChI is InChI=1S/C10H8BrN5O2/c11-8-5(10(17)18)2-1-3-6(8)15-16-7(4-12)9(13)14/h1-3,15H,(H3,13,14)(H,17,18)/b16-7+. The lowest BCUT2D eigenvalue weighted by atomic mass is 10.2. The lowest BCUT2D eigenvalue weighted by molar-refractivity contribution is 0.0696. The number of halogens is 1. The number of hydrazone groups is 1. The van der Waals surface area contributed by atoms with Crippen molar-refractivity contribution in [1.82, 2.24) is 0 Å². The quantitative estimate of drug-likeness (QED) is 0.378. The molecule has 18 heavy (non-hydrogen) atoms. The van der Waals surface area contributed by atoms with E-state index in [1.165, 1.54) is 12.1 Å². The van der Waals surface area contributed by atoms with Crippen molar-refractivity contribution in [2.75, 3.05) is 5.43 Å². The predicted octanol–water partition coefficient (Wildman–Crippen LogP) is 1.37. The van der Waals surface area contributed by atoms with E-state index < -0.39 is 11.8 Å². The highest BCUT2D eigenvalue weighted by atomic mass is 79.9. The molecule has 0 unspecified atom stereocenters. The maximum atomic E-state index is 10.9. The molecule has 8 heteroatoms. The van der Waals surface area contributed by atoms with E-state index >= 15 is 0 Å². The van der Waals surface area contributed by atoms with Crippen molar-refractivity contribution in [3.05, 3.63) is 28.2 Å². The van der Waals surface area contributed by atoms with Crippen LogP contribution in [0, 0.1) is 16.7 Å². The molecule has 0 aliphatic carbocycles. The van der Waals surface area contributed by atoms with Crippen LogP contribution < -0.4 is 11.2 Å². The Labute approximate surface area is 111 Å². The van der Waals surface area contributed by atoms with Crippen molar-refractivity contribution < 1.29 is 9.90 Å². The average molecular weight is 310 g/mol. The molecular formula is C10H8BrN5O2. The molecule has 5 N–H and O–H groups in total. The third kappa shape index (κ3) is 3.05. The monoisotopic (exact) mass is 309 g/mol. The molecule has 92 valence electrons. The van der Waals surface area contributed by atoms with Crippen LogP contribution in [-0.2, 0) is 0 Å². The summed E-state index contributed by atoms with van der Waals surface area (Å²) in [6.07, 6.45) is 0. The number of anilines is 1. The summed E-state index contributed by atoms with van der Waals surface area (Å²) >= 11 is 3.11. The largest absolute Gasteiger partial charge is 0.478 e. The van der Waals surface area contributed by atoms with Gasteiger partial charge in [-0.3, -0.25) is 10.8 Å². The molecule has 0 spiro atoms. The van der Waals surface area contributed by atoms with Gasteiger partial charge in [0, 0.05) is 0 Å². The van der Waals surface area contributed by atoms with Crippen LogP contribution in [0.4, 0.5) is 5.69 Å². The van der Waals surface area contributed by atoms with Gasteiger partial charge >= 0.3 is 5.97 Å². The minimum Gasteiger partial charge on any atom is -0.478 e. The van der Waals surface area contributed by atoms with Gasteiger partial charge in [-0.25, -0.2) is 4.79 Å². The number of amidine groups is 1. The summed E-state index contributed by atoms with van der Waals surface area (Å²) in [5.41, 5.74) is 7.70. The Morgan fingerprint density at radius 1 is 1.61 bits per heavy atom. The van der Waals surface area contributed by atoms with E-state index in [1.807, 2.05) is 0 Å². The molecular weight excluding hydrogens is 302 g/mol. The van der Waals surface area contributed by atoms with Crippen LogP contribution in [0.3, 0.4) is 0 Å². The minimum absolute atomic E-state index is 0.0523. The Kier molecular flexibility index (Phi) is 4.39. The van der Waals surface area contributed by atoms with Crippen LogP contribution in [0.25, 0.3) is 0 Å². The summed E-state index contributed by atoms with van der Waals surface area (Å²) in [5.74, 6) is -1.57. The second-order valence-electron chi connectivity index (χ2n) is 3.07. The highest BCUT2D eigenvalue weighted by Gasteiger charge is 2.11. The van der Waals surface area contributed by atoms with Crippen LogP contribution in [0.1, 0.15) is 10.4 Å². The smallest absolute Gasteiger partial charge is 0.336 e. The van der Waals surface area contributed by atoms with Crippen molar-refractivity contribution in [1.29, 1.82) is 10.7 Å². The van der Waals surface area contributed by atoms with Gasteiger partial charge in [-0.1, -0.05) is 6.07 Å². The molecule has 0 saturated heterocycles.